The lowest BCUT2D eigenvalue weighted by Gasteiger charge is -2.29. The Hall–Kier alpha value is -0.570. The zero-order valence-electron chi connectivity index (χ0n) is 28.7. The fourth-order valence-electron chi connectivity index (χ4n) is 6.30. The zero-order chi connectivity index (χ0) is 30.1. The molecule has 3 heteroatoms. The van der Waals surface area contributed by atoms with Crippen molar-refractivity contribution in [1.82, 2.24) is 4.90 Å². The van der Waals surface area contributed by atoms with Crippen LogP contribution in [0.25, 0.3) is 0 Å². The van der Waals surface area contributed by atoms with E-state index >= 15 is 0 Å². The van der Waals surface area contributed by atoms with E-state index in [-0.39, 0.29) is 0 Å². The molecule has 0 aromatic carbocycles. The first-order chi connectivity index (χ1) is 20.1. The van der Waals surface area contributed by atoms with Gasteiger partial charge < -0.3 is 10.0 Å². The molecule has 1 atom stereocenters. The van der Waals surface area contributed by atoms with Gasteiger partial charge in [0, 0.05) is 12.5 Å². The van der Waals surface area contributed by atoms with Crippen LogP contribution in [-0.4, -0.2) is 35.1 Å². The highest BCUT2D eigenvalue weighted by Gasteiger charge is 2.13. The highest BCUT2D eigenvalue weighted by molar-refractivity contribution is 5.66. The van der Waals surface area contributed by atoms with Crippen LogP contribution in [0.3, 0.4) is 0 Å². The summed E-state index contributed by atoms with van der Waals surface area (Å²) in [6, 6.07) is 0.512. The van der Waals surface area contributed by atoms with Crippen LogP contribution in [0.2, 0.25) is 0 Å². The monoisotopic (exact) mass is 580 g/mol. The predicted molar refractivity (Wildman–Crippen MR) is 183 cm³/mol. The van der Waals surface area contributed by atoms with E-state index < -0.39 is 5.97 Å². The van der Waals surface area contributed by atoms with Crippen molar-refractivity contribution in [2.45, 2.75) is 226 Å². The van der Waals surface area contributed by atoms with Crippen LogP contribution in [-0.2, 0) is 4.79 Å². The molecule has 0 aliphatic rings. The van der Waals surface area contributed by atoms with E-state index in [0.717, 1.165) is 12.8 Å². The second-order valence-corrected chi connectivity index (χ2v) is 13.4. The number of rotatable bonds is 35. The fourth-order valence-corrected chi connectivity index (χ4v) is 6.30. The van der Waals surface area contributed by atoms with Crippen LogP contribution in [0, 0.1) is 0 Å². The summed E-state index contributed by atoms with van der Waals surface area (Å²) in [6.45, 7) is 9.32. The molecule has 0 aliphatic carbocycles. The highest BCUT2D eigenvalue weighted by atomic mass is 16.4. The molecule has 0 spiro atoms. The van der Waals surface area contributed by atoms with Gasteiger partial charge in [0.1, 0.15) is 0 Å². The second-order valence-electron chi connectivity index (χ2n) is 13.4. The van der Waals surface area contributed by atoms with Gasteiger partial charge in [-0.15, -0.1) is 0 Å². The number of hydrogen-bond acceptors (Lipinski definition) is 2. The van der Waals surface area contributed by atoms with E-state index in [1.807, 2.05) is 0 Å². The van der Waals surface area contributed by atoms with Gasteiger partial charge in [0.25, 0.3) is 0 Å². The van der Waals surface area contributed by atoms with Crippen molar-refractivity contribution < 1.29 is 9.90 Å². The third-order valence-corrected chi connectivity index (χ3v) is 9.23. The van der Waals surface area contributed by atoms with Gasteiger partial charge in [0.05, 0.1) is 0 Å². The Morgan fingerprint density at radius 2 is 0.732 bits per heavy atom. The minimum Gasteiger partial charge on any atom is -0.481 e. The average molecular weight is 580 g/mol. The molecule has 0 heterocycles. The van der Waals surface area contributed by atoms with E-state index in [4.69, 9.17) is 5.11 Å². The Balaban J connectivity index is 3.85. The molecule has 0 radical (unpaired) electrons. The Kier molecular flexibility index (Phi) is 33.5. The van der Waals surface area contributed by atoms with Crippen molar-refractivity contribution in [2.75, 3.05) is 13.1 Å². The summed E-state index contributed by atoms with van der Waals surface area (Å²) >= 11 is 0. The molecular formula is C38H77NO2. The Morgan fingerprint density at radius 3 is 1.00 bits per heavy atom. The van der Waals surface area contributed by atoms with Crippen LogP contribution < -0.4 is 0 Å². The Labute approximate surface area is 259 Å². The molecule has 0 fully saturated rings. The van der Waals surface area contributed by atoms with Crippen LogP contribution in [0.15, 0.2) is 0 Å². The number of nitrogens with zero attached hydrogens (tertiary/aromatic N) is 1. The maximum absolute atomic E-state index is 11.0. The first kappa shape index (κ1) is 40.4. The van der Waals surface area contributed by atoms with Gasteiger partial charge in [0.2, 0.25) is 0 Å². The van der Waals surface area contributed by atoms with E-state index in [2.05, 4.69) is 25.7 Å². The van der Waals surface area contributed by atoms with Gasteiger partial charge in [-0.1, -0.05) is 181 Å². The summed E-state index contributed by atoms with van der Waals surface area (Å²) < 4.78 is 0. The van der Waals surface area contributed by atoms with Crippen LogP contribution >= 0.6 is 0 Å². The standard InChI is InChI=1S/C38H77NO2/c1-4-6-8-10-12-14-16-18-20-22-24-26-28-30-35-39(37(3)33-32-34-38(40)41)36-31-29-27-25-23-21-19-17-15-13-11-9-7-5-2/h37H,4-36H2,1-3H3,(H,40,41). The van der Waals surface area contributed by atoms with Crippen molar-refractivity contribution in [3.05, 3.63) is 0 Å². The normalized spacial score (nSPS) is 12.4. The quantitative estimate of drug-likeness (QED) is 0.0759. The second kappa shape index (κ2) is 33.9. The summed E-state index contributed by atoms with van der Waals surface area (Å²) in [7, 11) is 0. The minimum absolute atomic E-state index is 0.315. The van der Waals surface area contributed by atoms with Crippen molar-refractivity contribution in [3.63, 3.8) is 0 Å². The topological polar surface area (TPSA) is 40.5 Å². The van der Waals surface area contributed by atoms with Gasteiger partial charge in [-0.05, 0) is 45.7 Å². The van der Waals surface area contributed by atoms with Crippen molar-refractivity contribution in [1.29, 1.82) is 0 Å². The zero-order valence-corrected chi connectivity index (χ0v) is 28.7. The minimum atomic E-state index is -0.650. The molecule has 0 amide bonds. The van der Waals surface area contributed by atoms with Gasteiger partial charge in [-0.2, -0.15) is 0 Å². The van der Waals surface area contributed by atoms with E-state index in [1.54, 1.807) is 0 Å². The number of carbonyl (C=O) groups is 1. The molecular weight excluding hydrogens is 502 g/mol. The molecule has 246 valence electrons. The molecule has 1 N–H and O–H groups in total. The van der Waals surface area contributed by atoms with Gasteiger partial charge in [-0.25, -0.2) is 0 Å². The van der Waals surface area contributed by atoms with Crippen LogP contribution in [0.5, 0.6) is 0 Å². The number of unbranched alkanes of at least 4 members (excludes halogenated alkanes) is 26. The van der Waals surface area contributed by atoms with Gasteiger partial charge in [-0.3, -0.25) is 4.79 Å². The first-order valence-corrected chi connectivity index (χ1v) is 19.1. The van der Waals surface area contributed by atoms with Crippen molar-refractivity contribution in [3.8, 4) is 0 Å². The number of aliphatic carboxylic acids is 1. The van der Waals surface area contributed by atoms with Crippen LogP contribution in [0.1, 0.15) is 220 Å². The van der Waals surface area contributed by atoms with Gasteiger partial charge in [0.15, 0.2) is 0 Å². The predicted octanol–water partition coefficient (Wildman–Crippen LogP) is 12.9. The van der Waals surface area contributed by atoms with Crippen molar-refractivity contribution in [2.24, 2.45) is 0 Å². The SMILES string of the molecule is CCCCCCCCCCCCCCCCN(CCCCCCCCCCCCCCCC)C(C)CCCC(=O)O. The molecule has 3 nitrogen and oxygen atoms in total. The molecule has 0 aromatic heterocycles. The molecule has 0 bridgehead atoms. The fraction of sp³-hybridized carbons (Fsp3) is 0.974. The molecule has 0 aliphatic heterocycles. The maximum atomic E-state index is 11.0. The lowest BCUT2D eigenvalue weighted by atomic mass is 10.0. The van der Waals surface area contributed by atoms with E-state index in [0.29, 0.717) is 12.5 Å². The number of carboxylic acids is 1. The molecule has 41 heavy (non-hydrogen) atoms. The van der Waals surface area contributed by atoms with E-state index in [9.17, 15) is 4.79 Å². The number of carboxylic acid groups (broad SMARTS) is 1. The third kappa shape index (κ3) is 32.2. The molecule has 0 rings (SSSR count). The lowest BCUT2D eigenvalue weighted by Crippen LogP contribution is -2.35. The third-order valence-electron chi connectivity index (χ3n) is 9.23. The molecule has 0 aromatic rings. The molecule has 0 saturated carbocycles. The lowest BCUT2D eigenvalue weighted by molar-refractivity contribution is -0.137. The summed E-state index contributed by atoms with van der Waals surface area (Å²) in [6.07, 6.45) is 41.6. The maximum Gasteiger partial charge on any atom is 0.303 e. The van der Waals surface area contributed by atoms with Crippen LogP contribution in [0.4, 0.5) is 0 Å². The van der Waals surface area contributed by atoms with E-state index in [1.165, 1.54) is 193 Å². The summed E-state index contributed by atoms with van der Waals surface area (Å²) in [4.78, 5) is 13.7. The summed E-state index contributed by atoms with van der Waals surface area (Å²) in [5.41, 5.74) is 0. The first-order valence-electron chi connectivity index (χ1n) is 19.1. The summed E-state index contributed by atoms with van der Waals surface area (Å²) in [5.74, 6) is -0.650. The molecule has 1 unspecified atom stereocenters. The highest BCUT2D eigenvalue weighted by Crippen LogP contribution is 2.17. The largest absolute Gasteiger partial charge is 0.481 e. The Bertz CT molecular complexity index is 477. The number of hydrogen-bond donors (Lipinski definition) is 1. The summed E-state index contributed by atoms with van der Waals surface area (Å²) in [5, 5.41) is 9.04. The van der Waals surface area contributed by atoms with Gasteiger partial charge >= 0.3 is 5.97 Å². The van der Waals surface area contributed by atoms with Crippen molar-refractivity contribution >= 4 is 5.97 Å². The average Bonchev–Trinajstić information content (AvgIpc) is 2.96. The molecule has 0 saturated heterocycles. The Morgan fingerprint density at radius 1 is 0.463 bits per heavy atom. The smallest absolute Gasteiger partial charge is 0.303 e.